The average molecular weight is 336 g/mol. The van der Waals surface area contributed by atoms with E-state index in [-0.39, 0.29) is 47.7 Å². The number of hydrogen-bond acceptors (Lipinski definition) is 5. The van der Waals surface area contributed by atoms with Gasteiger partial charge in [0.05, 0.1) is 30.0 Å². The molecule has 0 amide bonds. The van der Waals surface area contributed by atoms with Crippen LogP contribution >= 0.6 is 0 Å². The van der Waals surface area contributed by atoms with Crippen LogP contribution in [0.4, 0.5) is 0 Å². The van der Waals surface area contributed by atoms with Gasteiger partial charge in [-0.25, -0.2) is 0 Å². The van der Waals surface area contributed by atoms with Gasteiger partial charge in [-0.3, -0.25) is 4.79 Å². The molecule has 5 rings (SSSR count). The van der Waals surface area contributed by atoms with Gasteiger partial charge >= 0.3 is 0 Å². The van der Waals surface area contributed by atoms with E-state index in [4.69, 9.17) is 18.9 Å². The molecule has 0 N–H and O–H groups in total. The number of carbonyl (C=O) groups excluding carboxylic acids is 1. The lowest BCUT2D eigenvalue weighted by atomic mass is 9.76. The summed E-state index contributed by atoms with van der Waals surface area (Å²) in [5.74, 6) is -0.151. The van der Waals surface area contributed by atoms with Crippen molar-refractivity contribution in [3.05, 3.63) is 0 Å². The zero-order chi connectivity index (χ0) is 16.4. The normalized spacial score (nSPS) is 49.0. The fourth-order valence-corrected chi connectivity index (χ4v) is 5.79. The standard InChI is InChI=1S/C19H28O5/c1-12(20)9-13-5-6-16-18(22-13)10-14(21-16)17-15(11-18)23-19(24-17)7-3-2-4-8-19/h13-17H,2-11H2,1H3/t13-,14-,15-,16+,17?,18-/m1/s1. The van der Waals surface area contributed by atoms with Gasteiger partial charge < -0.3 is 18.9 Å². The van der Waals surface area contributed by atoms with Crippen LogP contribution in [-0.2, 0) is 23.7 Å². The molecular formula is C19H28O5. The van der Waals surface area contributed by atoms with Crippen molar-refractivity contribution in [3.63, 3.8) is 0 Å². The highest BCUT2D eigenvalue weighted by Gasteiger charge is 2.65. The van der Waals surface area contributed by atoms with Crippen molar-refractivity contribution in [2.75, 3.05) is 0 Å². The van der Waals surface area contributed by atoms with Gasteiger partial charge in [0.1, 0.15) is 11.9 Å². The highest BCUT2D eigenvalue weighted by Crippen LogP contribution is 2.55. The molecule has 0 aromatic rings. The molecule has 6 atom stereocenters. The summed E-state index contributed by atoms with van der Waals surface area (Å²) in [5.41, 5.74) is -0.256. The third-order valence-corrected chi connectivity index (χ3v) is 6.75. The number of hydrogen-bond donors (Lipinski definition) is 0. The lowest BCUT2D eigenvalue weighted by Gasteiger charge is -2.44. The molecule has 5 nitrogen and oxygen atoms in total. The maximum absolute atomic E-state index is 11.5. The van der Waals surface area contributed by atoms with Crippen molar-refractivity contribution in [1.82, 2.24) is 0 Å². The first-order valence-electron chi connectivity index (χ1n) is 9.76. The maximum atomic E-state index is 11.5. The highest BCUT2D eigenvalue weighted by atomic mass is 16.8. The first-order valence-corrected chi connectivity index (χ1v) is 9.76. The summed E-state index contributed by atoms with van der Waals surface area (Å²) in [4.78, 5) is 11.5. The molecule has 2 aliphatic carbocycles. The van der Waals surface area contributed by atoms with Crippen molar-refractivity contribution in [1.29, 1.82) is 0 Å². The summed E-state index contributed by atoms with van der Waals surface area (Å²) in [6.45, 7) is 1.65. The molecule has 2 bridgehead atoms. The molecule has 3 aliphatic heterocycles. The van der Waals surface area contributed by atoms with Crippen LogP contribution in [0.25, 0.3) is 0 Å². The predicted molar refractivity (Wildman–Crippen MR) is 85.6 cm³/mol. The molecule has 5 aliphatic rings. The lowest BCUT2D eigenvalue weighted by Crippen LogP contribution is -2.53. The van der Waals surface area contributed by atoms with Crippen molar-refractivity contribution in [2.45, 2.75) is 113 Å². The SMILES string of the molecule is CC(=O)C[C@H]1CC[C@@H]2O[C@@H]3C[C@]2(C[C@H]2OC4(CCCCC4)OC32)O1. The van der Waals surface area contributed by atoms with Crippen molar-refractivity contribution in [2.24, 2.45) is 0 Å². The van der Waals surface area contributed by atoms with Crippen LogP contribution < -0.4 is 0 Å². The summed E-state index contributed by atoms with van der Waals surface area (Å²) in [5, 5.41) is 0. The zero-order valence-corrected chi connectivity index (χ0v) is 14.5. The smallest absolute Gasteiger partial charge is 0.169 e. The molecule has 0 radical (unpaired) electrons. The van der Waals surface area contributed by atoms with Crippen molar-refractivity contribution < 1.29 is 23.7 Å². The van der Waals surface area contributed by atoms with E-state index in [9.17, 15) is 4.79 Å². The van der Waals surface area contributed by atoms with E-state index in [1.54, 1.807) is 6.92 Å². The molecule has 134 valence electrons. The monoisotopic (exact) mass is 336 g/mol. The van der Waals surface area contributed by atoms with Crippen LogP contribution in [0.1, 0.15) is 71.1 Å². The maximum Gasteiger partial charge on any atom is 0.169 e. The Morgan fingerprint density at radius 2 is 1.79 bits per heavy atom. The van der Waals surface area contributed by atoms with Crippen LogP contribution in [0.3, 0.4) is 0 Å². The van der Waals surface area contributed by atoms with E-state index in [1.807, 2.05) is 0 Å². The van der Waals surface area contributed by atoms with Gasteiger partial charge in [-0.05, 0) is 32.6 Å². The van der Waals surface area contributed by atoms with E-state index in [0.29, 0.717) is 6.42 Å². The van der Waals surface area contributed by atoms with Gasteiger partial charge in [0, 0.05) is 32.1 Å². The summed E-state index contributed by atoms with van der Waals surface area (Å²) in [7, 11) is 0. The molecule has 2 spiro atoms. The predicted octanol–water partition coefficient (Wildman–Crippen LogP) is 2.89. The lowest BCUT2D eigenvalue weighted by molar-refractivity contribution is -0.215. The summed E-state index contributed by atoms with van der Waals surface area (Å²) in [6.07, 6.45) is 10.3. The highest BCUT2D eigenvalue weighted by molar-refractivity contribution is 5.76. The molecule has 0 aromatic heterocycles. The Bertz CT molecular complexity index is 528. The minimum absolute atomic E-state index is 0.0450. The zero-order valence-electron chi connectivity index (χ0n) is 14.5. The van der Waals surface area contributed by atoms with Gasteiger partial charge in [0.15, 0.2) is 5.79 Å². The Hall–Kier alpha value is -0.490. The van der Waals surface area contributed by atoms with Crippen molar-refractivity contribution >= 4 is 5.78 Å². The molecule has 2 saturated carbocycles. The third kappa shape index (κ3) is 2.39. The van der Waals surface area contributed by atoms with E-state index in [0.717, 1.165) is 38.5 Å². The fraction of sp³-hybridized carbons (Fsp3) is 0.947. The van der Waals surface area contributed by atoms with Gasteiger partial charge in [-0.15, -0.1) is 0 Å². The fourth-order valence-electron chi connectivity index (χ4n) is 5.79. The largest absolute Gasteiger partial charge is 0.369 e. The van der Waals surface area contributed by atoms with E-state index < -0.39 is 0 Å². The van der Waals surface area contributed by atoms with Gasteiger partial charge in [0.25, 0.3) is 0 Å². The molecule has 5 fully saturated rings. The first kappa shape index (κ1) is 15.7. The summed E-state index contributed by atoms with van der Waals surface area (Å²) >= 11 is 0. The molecule has 5 heteroatoms. The Balaban J connectivity index is 1.35. The summed E-state index contributed by atoms with van der Waals surface area (Å²) < 4.78 is 25.8. The van der Waals surface area contributed by atoms with E-state index >= 15 is 0 Å². The van der Waals surface area contributed by atoms with Gasteiger partial charge in [-0.1, -0.05) is 6.42 Å². The Morgan fingerprint density at radius 1 is 1.00 bits per heavy atom. The second-order valence-electron chi connectivity index (χ2n) is 8.57. The van der Waals surface area contributed by atoms with E-state index in [2.05, 4.69) is 0 Å². The minimum atomic E-state index is -0.360. The summed E-state index contributed by atoms with van der Waals surface area (Å²) in [6, 6.07) is 0. The Kier molecular flexibility index (Phi) is 3.61. The van der Waals surface area contributed by atoms with Gasteiger partial charge in [0.2, 0.25) is 0 Å². The van der Waals surface area contributed by atoms with Crippen molar-refractivity contribution in [3.8, 4) is 0 Å². The second kappa shape index (κ2) is 5.50. The average Bonchev–Trinajstić information content (AvgIpc) is 3.03. The van der Waals surface area contributed by atoms with Crippen LogP contribution in [0.5, 0.6) is 0 Å². The van der Waals surface area contributed by atoms with Crippen LogP contribution in [0.2, 0.25) is 0 Å². The number of rotatable bonds is 2. The number of fused-ring (bicyclic) bond motifs is 3. The van der Waals surface area contributed by atoms with Gasteiger partial charge in [-0.2, -0.15) is 0 Å². The minimum Gasteiger partial charge on any atom is -0.369 e. The number of ether oxygens (including phenoxy) is 4. The number of ketones is 1. The van der Waals surface area contributed by atoms with Crippen LogP contribution in [-0.4, -0.2) is 47.7 Å². The topological polar surface area (TPSA) is 54.0 Å². The molecule has 3 heterocycles. The molecule has 24 heavy (non-hydrogen) atoms. The quantitative estimate of drug-likeness (QED) is 0.776. The van der Waals surface area contributed by atoms with Crippen LogP contribution in [0.15, 0.2) is 0 Å². The first-order chi connectivity index (χ1) is 11.6. The van der Waals surface area contributed by atoms with Crippen LogP contribution in [0, 0.1) is 0 Å². The third-order valence-electron chi connectivity index (χ3n) is 6.75. The molecule has 0 aromatic carbocycles. The van der Waals surface area contributed by atoms with E-state index in [1.165, 1.54) is 19.3 Å². The Labute approximate surface area is 143 Å². The second-order valence-corrected chi connectivity index (χ2v) is 8.57. The Morgan fingerprint density at radius 3 is 2.58 bits per heavy atom. The molecule has 3 saturated heterocycles. The molecular weight excluding hydrogens is 308 g/mol. The number of Topliss-reactive ketones (excluding diaryl/α,β-unsaturated/α-hetero) is 1. The number of carbonyl (C=O) groups is 1. The molecule has 1 unspecified atom stereocenters.